The van der Waals surface area contributed by atoms with Crippen LogP contribution in [0.2, 0.25) is 0 Å². The second-order valence-corrected chi connectivity index (χ2v) is 9.20. The van der Waals surface area contributed by atoms with Crippen molar-refractivity contribution in [2.45, 2.75) is 46.1 Å². The highest BCUT2D eigenvalue weighted by Crippen LogP contribution is 2.41. The van der Waals surface area contributed by atoms with Crippen molar-refractivity contribution in [3.63, 3.8) is 0 Å². The highest BCUT2D eigenvalue weighted by molar-refractivity contribution is 7.89. The number of sulfonamides is 1. The fourth-order valence-electron chi connectivity index (χ4n) is 3.48. The van der Waals surface area contributed by atoms with E-state index < -0.39 is 10.0 Å². The van der Waals surface area contributed by atoms with Crippen LogP contribution in [0.5, 0.6) is 0 Å². The summed E-state index contributed by atoms with van der Waals surface area (Å²) in [6.07, 6.45) is 4.09. The zero-order valence-electron chi connectivity index (χ0n) is 14.5. The van der Waals surface area contributed by atoms with Crippen LogP contribution in [0.1, 0.15) is 50.9 Å². The van der Waals surface area contributed by atoms with Gasteiger partial charge < -0.3 is 0 Å². The summed E-state index contributed by atoms with van der Waals surface area (Å²) in [5.74, 6) is 0.159. The Labute approximate surface area is 144 Å². The van der Waals surface area contributed by atoms with E-state index in [0.717, 1.165) is 29.8 Å². The molecule has 0 fully saturated rings. The third-order valence-corrected chi connectivity index (χ3v) is 6.06. The highest BCUT2D eigenvalue weighted by Gasteiger charge is 2.36. The van der Waals surface area contributed by atoms with Gasteiger partial charge in [0, 0.05) is 11.3 Å². The van der Waals surface area contributed by atoms with Crippen LogP contribution in [-0.2, 0) is 16.4 Å². The number of benzene rings is 1. The van der Waals surface area contributed by atoms with Gasteiger partial charge in [-0.15, -0.1) is 0 Å². The van der Waals surface area contributed by atoms with Crippen LogP contribution >= 0.6 is 0 Å². The summed E-state index contributed by atoms with van der Waals surface area (Å²) in [4.78, 5) is 0. The van der Waals surface area contributed by atoms with E-state index in [9.17, 15) is 8.42 Å². The Morgan fingerprint density at radius 3 is 2.67 bits per heavy atom. The Morgan fingerprint density at radius 2 is 2.00 bits per heavy atom. The minimum absolute atomic E-state index is 0.0129. The maximum absolute atomic E-state index is 12.3. The molecule has 1 aliphatic rings. The summed E-state index contributed by atoms with van der Waals surface area (Å²) in [5.41, 5.74) is 3.12. The molecule has 1 heterocycles. The zero-order chi connectivity index (χ0) is 17.4. The van der Waals surface area contributed by atoms with Gasteiger partial charge in [-0.3, -0.25) is 0 Å². The van der Waals surface area contributed by atoms with Crippen molar-refractivity contribution in [3.8, 4) is 5.69 Å². The summed E-state index contributed by atoms with van der Waals surface area (Å²) in [6.45, 7) is 6.24. The number of nitrogens with zero attached hydrogens (tertiary/aromatic N) is 2. The summed E-state index contributed by atoms with van der Waals surface area (Å²) in [6, 6.07) is 9.77. The zero-order valence-corrected chi connectivity index (χ0v) is 15.3. The van der Waals surface area contributed by atoms with Gasteiger partial charge in [0.2, 0.25) is 10.0 Å². The lowest BCUT2D eigenvalue weighted by Crippen LogP contribution is -2.37. The number of para-hydroxylation sites is 1. The van der Waals surface area contributed by atoms with E-state index in [-0.39, 0.29) is 17.2 Å². The molecule has 1 atom stereocenters. The number of aromatic nitrogens is 2. The minimum Gasteiger partial charge on any atom is -0.237 e. The van der Waals surface area contributed by atoms with E-state index in [4.69, 9.17) is 0 Å². The Kier molecular flexibility index (Phi) is 4.53. The van der Waals surface area contributed by atoms with Gasteiger partial charge in [0.25, 0.3) is 0 Å². The molecule has 3 rings (SSSR count). The SMILES string of the molecule is CCCS(=O)(=O)N[C@H]1CC(C)(C)Cc2c1cnn2-c1ccccc1. The maximum atomic E-state index is 12.3. The van der Waals surface area contributed by atoms with Gasteiger partial charge in [0.15, 0.2) is 0 Å². The Balaban J connectivity index is 2.00. The molecule has 0 radical (unpaired) electrons. The molecule has 6 heteroatoms. The van der Waals surface area contributed by atoms with Gasteiger partial charge in [0.05, 0.1) is 23.7 Å². The predicted octanol–water partition coefficient (Wildman–Crippen LogP) is 3.22. The summed E-state index contributed by atoms with van der Waals surface area (Å²) in [5, 5.41) is 4.54. The first-order valence-corrected chi connectivity index (χ1v) is 10.1. The summed E-state index contributed by atoms with van der Waals surface area (Å²) in [7, 11) is -3.27. The smallest absolute Gasteiger partial charge is 0.212 e. The first kappa shape index (κ1) is 17.2. The third-order valence-electron chi connectivity index (χ3n) is 4.47. The van der Waals surface area contributed by atoms with Crippen molar-refractivity contribution in [2.24, 2.45) is 5.41 Å². The number of fused-ring (bicyclic) bond motifs is 1. The summed E-state index contributed by atoms with van der Waals surface area (Å²) < 4.78 is 29.3. The molecule has 5 nitrogen and oxygen atoms in total. The van der Waals surface area contributed by atoms with Crippen molar-refractivity contribution >= 4 is 10.0 Å². The van der Waals surface area contributed by atoms with Crippen molar-refractivity contribution in [1.29, 1.82) is 0 Å². The van der Waals surface area contributed by atoms with Crippen molar-refractivity contribution in [3.05, 3.63) is 47.8 Å². The number of hydrogen-bond acceptors (Lipinski definition) is 3. The molecule has 0 unspecified atom stereocenters. The molecule has 1 aliphatic carbocycles. The van der Waals surface area contributed by atoms with Crippen LogP contribution in [0.4, 0.5) is 0 Å². The molecular formula is C18H25N3O2S. The molecule has 1 aromatic carbocycles. The van der Waals surface area contributed by atoms with Crippen molar-refractivity contribution < 1.29 is 8.42 Å². The number of nitrogens with one attached hydrogen (secondary N) is 1. The molecule has 2 aromatic rings. The lowest BCUT2D eigenvalue weighted by atomic mass is 9.74. The number of rotatable bonds is 5. The Bertz CT molecular complexity index is 810. The van der Waals surface area contributed by atoms with Crippen LogP contribution in [0.25, 0.3) is 5.69 Å². The quantitative estimate of drug-likeness (QED) is 0.903. The van der Waals surface area contributed by atoms with Gasteiger partial charge in [0.1, 0.15) is 0 Å². The molecule has 0 amide bonds. The van der Waals surface area contributed by atoms with Gasteiger partial charge in [-0.2, -0.15) is 5.10 Å². The van der Waals surface area contributed by atoms with Crippen LogP contribution in [0.15, 0.2) is 36.5 Å². The predicted molar refractivity (Wildman–Crippen MR) is 95.6 cm³/mol. The van der Waals surface area contributed by atoms with Gasteiger partial charge >= 0.3 is 0 Å². The standard InChI is InChI=1S/C18H25N3O2S/c1-4-10-24(22,23)20-16-11-18(2,3)12-17-15(16)13-19-21(17)14-8-6-5-7-9-14/h5-9,13,16,20H,4,10-12H2,1-3H3/t16-/m0/s1. The van der Waals surface area contributed by atoms with Gasteiger partial charge in [-0.05, 0) is 36.8 Å². The molecule has 1 aromatic heterocycles. The molecule has 0 saturated heterocycles. The van der Waals surface area contributed by atoms with Crippen LogP contribution in [0, 0.1) is 5.41 Å². The van der Waals surface area contributed by atoms with Crippen LogP contribution in [-0.4, -0.2) is 24.0 Å². The van der Waals surface area contributed by atoms with Crippen LogP contribution in [0.3, 0.4) is 0 Å². The first-order valence-electron chi connectivity index (χ1n) is 8.43. The van der Waals surface area contributed by atoms with Crippen molar-refractivity contribution in [1.82, 2.24) is 14.5 Å². The summed E-state index contributed by atoms with van der Waals surface area (Å²) >= 11 is 0. The highest BCUT2D eigenvalue weighted by atomic mass is 32.2. The fraction of sp³-hybridized carbons (Fsp3) is 0.500. The molecule has 0 saturated carbocycles. The monoisotopic (exact) mass is 347 g/mol. The van der Waals surface area contributed by atoms with Gasteiger partial charge in [-0.25, -0.2) is 17.8 Å². The van der Waals surface area contributed by atoms with Crippen LogP contribution < -0.4 is 4.72 Å². The minimum atomic E-state index is -3.27. The lowest BCUT2D eigenvalue weighted by molar-refractivity contribution is 0.268. The van der Waals surface area contributed by atoms with E-state index in [1.807, 2.05) is 48.1 Å². The van der Waals surface area contributed by atoms with Crippen molar-refractivity contribution in [2.75, 3.05) is 5.75 Å². The molecule has 130 valence electrons. The van der Waals surface area contributed by atoms with E-state index in [2.05, 4.69) is 23.7 Å². The maximum Gasteiger partial charge on any atom is 0.212 e. The normalized spacial score (nSPS) is 19.9. The van der Waals surface area contributed by atoms with E-state index >= 15 is 0 Å². The van der Waals surface area contributed by atoms with Gasteiger partial charge in [-0.1, -0.05) is 39.0 Å². The molecule has 0 spiro atoms. The Morgan fingerprint density at radius 1 is 1.29 bits per heavy atom. The first-order chi connectivity index (χ1) is 11.3. The fourth-order valence-corrected chi connectivity index (χ4v) is 4.78. The third kappa shape index (κ3) is 3.54. The molecular weight excluding hydrogens is 322 g/mol. The van der Waals surface area contributed by atoms with E-state index in [1.165, 1.54) is 0 Å². The van der Waals surface area contributed by atoms with E-state index in [0.29, 0.717) is 6.42 Å². The largest absolute Gasteiger partial charge is 0.237 e. The average Bonchev–Trinajstić information content (AvgIpc) is 2.90. The second-order valence-electron chi connectivity index (χ2n) is 7.33. The molecule has 0 aliphatic heterocycles. The second kappa shape index (κ2) is 6.33. The Hall–Kier alpha value is -1.66. The lowest BCUT2D eigenvalue weighted by Gasteiger charge is -2.35. The molecule has 24 heavy (non-hydrogen) atoms. The molecule has 0 bridgehead atoms. The van der Waals surface area contributed by atoms with E-state index in [1.54, 1.807) is 0 Å². The molecule has 1 N–H and O–H groups in total. The average molecular weight is 347 g/mol. The number of hydrogen-bond donors (Lipinski definition) is 1. The topological polar surface area (TPSA) is 64.0 Å².